The molecule has 4 heteroatoms. The largest absolute Gasteiger partial charge is 0.350 e. The predicted octanol–water partition coefficient (Wildman–Crippen LogP) is 1.40. The third-order valence-corrected chi connectivity index (χ3v) is 4.43. The van der Waals surface area contributed by atoms with Crippen LogP contribution < -0.4 is 10.6 Å². The number of rotatable bonds is 4. The second-order valence-electron chi connectivity index (χ2n) is 5.57. The fourth-order valence-electron chi connectivity index (χ4n) is 3.37. The number of nitrogens with one attached hydrogen (secondary N) is 2. The number of aryl methyl sites for hydroxylation is 1. The molecule has 3 atom stereocenters. The molecule has 0 aromatic carbocycles. The average Bonchev–Trinajstić information content (AvgIpc) is 3.07. The van der Waals surface area contributed by atoms with E-state index in [2.05, 4.69) is 28.6 Å². The van der Waals surface area contributed by atoms with Crippen LogP contribution in [0.1, 0.15) is 37.4 Å². The van der Waals surface area contributed by atoms with Gasteiger partial charge in [-0.15, -0.1) is 0 Å². The molecule has 3 heterocycles. The Bertz CT molecular complexity index is 474. The van der Waals surface area contributed by atoms with E-state index in [1.54, 1.807) is 6.20 Å². The maximum absolute atomic E-state index is 12.2. The number of nitrogens with zero attached hydrogens (tertiary/aromatic N) is 1. The van der Waals surface area contributed by atoms with Gasteiger partial charge >= 0.3 is 0 Å². The molecule has 2 saturated heterocycles. The van der Waals surface area contributed by atoms with Crippen molar-refractivity contribution >= 4 is 5.91 Å². The first-order valence-corrected chi connectivity index (χ1v) is 7.24. The highest BCUT2D eigenvalue weighted by molar-refractivity contribution is 5.80. The Morgan fingerprint density at radius 2 is 2.42 bits per heavy atom. The van der Waals surface area contributed by atoms with Gasteiger partial charge in [-0.3, -0.25) is 9.78 Å². The van der Waals surface area contributed by atoms with Crippen LogP contribution in [0, 0.1) is 5.92 Å². The number of aromatic nitrogens is 1. The van der Waals surface area contributed by atoms with Crippen molar-refractivity contribution in [1.29, 1.82) is 0 Å². The summed E-state index contributed by atoms with van der Waals surface area (Å²) < 4.78 is 0. The van der Waals surface area contributed by atoms with Gasteiger partial charge in [-0.05, 0) is 37.3 Å². The van der Waals surface area contributed by atoms with Crippen molar-refractivity contribution in [1.82, 2.24) is 15.6 Å². The van der Waals surface area contributed by atoms with Crippen LogP contribution in [-0.2, 0) is 17.8 Å². The zero-order chi connectivity index (χ0) is 13.2. The Kier molecular flexibility index (Phi) is 3.51. The van der Waals surface area contributed by atoms with Crippen molar-refractivity contribution in [2.24, 2.45) is 5.92 Å². The fourth-order valence-corrected chi connectivity index (χ4v) is 3.37. The first kappa shape index (κ1) is 12.6. The lowest BCUT2D eigenvalue weighted by molar-refractivity contribution is -0.125. The Morgan fingerprint density at radius 1 is 1.53 bits per heavy atom. The number of amides is 1. The van der Waals surface area contributed by atoms with Crippen molar-refractivity contribution in [2.75, 3.05) is 0 Å². The highest BCUT2D eigenvalue weighted by Crippen LogP contribution is 2.33. The quantitative estimate of drug-likeness (QED) is 0.859. The van der Waals surface area contributed by atoms with E-state index in [0.717, 1.165) is 25.0 Å². The van der Waals surface area contributed by atoms with Crippen LogP contribution in [0.3, 0.4) is 0 Å². The normalized spacial score (nSPS) is 28.6. The zero-order valence-electron chi connectivity index (χ0n) is 11.4. The van der Waals surface area contributed by atoms with Crippen LogP contribution in [0.2, 0.25) is 0 Å². The number of hydrogen-bond acceptors (Lipinski definition) is 3. The van der Waals surface area contributed by atoms with Gasteiger partial charge in [-0.2, -0.15) is 0 Å². The van der Waals surface area contributed by atoms with Crippen molar-refractivity contribution in [3.8, 4) is 0 Å². The maximum Gasteiger partial charge on any atom is 0.225 e. The molecule has 0 radical (unpaired) electrons. The predicted molar refractivity (Wildman–Crippen MR) is 73.5 cm³/mol. The molecular weight excluding hydrogens is 238 g/mol. The van der Waals surface area contributed by atoms with Crippen molar-refractivity contribution in [3.05, 3.63) is 29.6 Å². The van der Waals surface area contributed by atoms with E-state index < -0.39 is 0 Å². The Labute approximate surface area is 114 Å². The summed E-state index contributed by atoms with van der Waals surface area (Å²) >= 11 is 0. The van der Waals surface area contributed by atoms with E-state index in [1.807, 2.05) is 6.07 Å². The highest BCUT2D eigenvalue weighted by atomic mass is 16.1. The molecular formula is C15H21N3O. The monoisotopic (exact) mass is 259 g/mol. The van der Waals surface area contributed by atoms with Gasteiger partial charge in [0, 0.05) is 18.3 Å². The molecule has 2 fully saturated rings. The second-order valence-corrected chi connectivity index (χ2v) is 5.57. The minimum absolute atomic E-state index is 0.160. The number of hydrogen-bond donors (Lipinski definition) is 2. The standard InChI is InChI=1S/C15H21N3O/c1-2-10-4-3-7-16-14(10)9-17-15(19)12-8-11-5-6-13(12)18-11/h3-4,7,11-13,18H,2,5-6,8-9H2,1H3,(H,17,19). The highest BCUT2D eigenvalue weighted by Gasteiger charge is 2.42. The summed E-state index contributed by atoms with van der Waals surface area (Å²) in [7, 11) is 0. The summed E-state index contributed by atoms with van der Waals surface area (Å²) in [6.07, 6.45) is 6.12. The summed E-state index contributed by atoms with van der Waals surface area (Å²) in [6.45, 7) is 2.67. The lowest BCUT2D eigenvalue weighted by Crippen LogP contribution is -2.37. The van der Waals surface area contributed by atoms with Crippen LogP contribution in [0.15, 0.2) is 18.3 Å². The molecule has 4 nitrogen and oxygen atoms in total. The lowest BCUT2D eigenvalue weighted by atomic mass is 9.88. The summed E-state index contributed by atoms with van der Waals surface area (Å²) in [4.78, 5) is 16.6. The van der Waals surface area contributed by atoms with Crippen molar-refractivity contribution < 1.29 is 4.79 Å². The number of fused-ring (bicyclic) bond motifs is 2. The third-order valence-electron chi connectivity index (χ3n) is 4.43. The van der Waals surface area contributed by atoms with Crippen molar-refractivity contribution in [2.45, 2.75) is 51.2 Å². The second kappa shape index (κ2) is 5.29. The molecule has 3 rings (SSSR count). The summed E-state index contributed by atoms with van der Waals surface area (Å²) in [5.41, 5.74) is 2.21. The van der Waals surface area contributed by atoms with Gasteiger partial charge in [0.25, 0.3) is 0 Å². The molecule has 1 aromatic heterocycles. The van der Waals surface area contributed by atoms with Crippen LogP contribution in [-0.4, -0.2) is 23.0 Å². The van der Waals surface area contributed by atoms with Crippen LogP contribution in [0.25, 0.3) is 0 Å². The average molecular weight is 259 g/mol. The third kappa shape index (κ3) is 2.50. The van der Waals surface area contributed by atoms with Gasteiger partial charge in [0.1, 0.15) is 0 Å². The molecule has 2 N–H and O–H groups in total. The summed E-state index contributed by atoms with van der Waals surface area (Å²) in [5, 5.41) is 6.56. The lowest BCUT2D eigenvalue weighted by Gasteiger charge is -2.19. The van der Waals surface area contributed by atoms with E-state index in [-0.39, 0.29) is 11.8 Å². The molecule has 0 spiro atoms. The van der Waals surface area contributed by atoms with E-state index in [1.165, 1.54) is 12.0 Å². The van der Waals surface area contributed by atoms with E-state index in [9.17, 15) is 4.79 Å². The fraction of sp³-hybridized carbons (Fsp3) is 0.600. The summed E-state index contributed by atoms with van der Waals surface area (Å²) in [5.74, 6) is 0.347. The minimum Gasteiger partial charge on any atom is -0.350 e. The van der Waals surface area contributed by atoms with E-state index in [0.29, 0.717) is 18.6 Å². The zero-order valence-corrected chi connectivity index (χ0v) is 11.4. The molecule has 1 aromatic rings. The maximum atomic E-state index is 12.2. The molecule has 2 aliphatic rings. The molecule has 0 saturated carbocycles. The smallest absolute Gasteiger partial charge is 0.225 e. The van der Waals surface area contributed by atoms with Gasteiger partial charge in [-0.1, -0.05) is 13.0 Å². The molecule has 2 aliphatic heterocycles. The SMILES string of the molecule is CCc1cccnc1CNC(=O)C1CC2CCC1N2. The topological polar surface area (TPSA) is 54.0 Å². The van der Waals surface area contributed by atoms with Gasteiger partial charge in [0.05, 0.1) is 18.2 Å². The molecule has 19 heavy (non-hydrogen) atoms. The first-order valence-electron chi connectivity index (χ1n) is 7.24. The van der Waals surface area contributed by atoms with Gasteiger partial charge < -0.3 is 10.6 Å². The van der Waals surface area contributed by atoms with E-state index in [4.69, 9.17) is 0 Å². The molecule has 2 bridgehead atoms. The number of pyridine rings is 1. The van der Waals surface area contributed by atoms with Gasteiger partial charge in [0.15, 0.2) is 0 Å². The van der Waals surface area contributed by atoms with Gasteiger partial charge in [-0.25, -0.2) is 0 Å². The molecule has 1 amide bonds. The van der Waals surface area contributed by atoms with Crippen LogP contribution >= 0.6 is 0 Å². The summed E-state index contributed by atoms with van der Waals surface area (Å²) in [6, 6.07) is 5.00. The Balaban J connectivity index is 1.59. The molecule has 3 unspecified atom stereocenters. The van der Waals surface area contributed by atoms with Crippen LogP contribution in [0.5, 0.6) is 0 Å². The minimum atomic E-state index is 0.160. The van der Waals surface area contributed by atoms with Gasteiger partial charge in [0.2, 0.25) is 5.91 Å². The molecule has 0 aliphatic carbocycles. The Hall–Kier alpha value is -1.42. The van der Waals surface area contributed by atoms with Crippen molar-refractivity contribution in [3.63, 3.8) is 0 Å². The number of carbonyl (C=O) groups is 1. The molecule has 102 valence electrons. The van der Waals surface area contributed by atoms with E-state index >= 15 is 0 Å². The first-order chi connectivity index (χ1) is 9.28. The number of carbonyl (C=O) groups excluding carboxylic acids is 1. The van der Waals surface area contributed by atoms with Crippen LogP contribution in [0.4, 0.5) is 0 Å². The Morgan fingerprint density at radius 3 is 3.11 bits per heavy atom.